The van der Waals surface area contributed by atoms with Gasteiger partial charge < -0.3 is 9.47 Å². The predicted molar refractivity (Wildman–Crippen MR) is 115 cm³/mol. The molecule has 2 amide bonds. The molecule has 1 aliphatic heterocycles. The van der Waals surface area contributed by atoms with Gasteiger partial charge in [-0.15, -0.1) is 0 Å². The molecule has 2 heterocycles. The molecule has 0 atom stereocenters. The van der Waals surface area contributed by atoms with Gasteiger partial charge in [0.2, 0.25) is 0 Å². The fourth-order valence-corrected chi connectivity index (χ4v) is 4.74. The summed E-state index contributed by atoms with van der Waals surface area (Å²) in [5, 5.41) is 0. The number of amides is 2. The number of pyridine rings is 1. The fourth-order valence-electron chi connectivity index (χ4n) is 3.45. The highest BCUT2D eigenvalue weighted by Crippen LogP contribution is 2.32. The summed E-state index contributed by atoms with van der Waals surface area (Å²) >= 11 is 0. The van der Waals surface area contributed by atoms with Crippen molar-refractivity contribution in [3.63, 3.8) is 0 Å². The molecule has 1 aromatic heterocycles. The Morgan fingerprint density at radius 3 is 2.45 bits per heavy atom. The first-order valence-corrected chi connectivity index (χ1v) is 11.1. The number of nitrogens with one attached hydrogen (secondary N) is 1. The van der Waals surface area contributed by atoms with Gasteiger partial charge >= 0.3 is 0 Å². The Morgan fingerprint density at radius 1 is 1.00 bits per heavy atom. The third kappa shape index (κ3) is 4.10. The molecule has 0 unspecified atom stereocenters. The van der Waals surface area contributed by atoms with Gasteiger partial charge in [-0.2, -0.15) is 0 Å². The van der Waals surface area contributed by atoms with Crippen molar-refractivity contribution in [2.75, 3.05) is 18.9 Å². The second-order valence-corrected chi connectivity index (χ2v) is 8.67. The van der Waals surface area contributed by atoms with Gasteiger partial charge in [0, 0.05) is 12.3 Å². The molecule has 0 spiro atoms. The fraction of sp³-hybridized carbons (Fsp3) is 0.136. The van der Waals surface area contributed by atoms with E-state index in [1.165, 1.54) is 56.8 Å². The monoisotopic (exact) mass is 471 g/mol. The van der Waals surface area contributed by atoms with Crippen LogP contribution in [-0.2, 0) is 16.6 Å². The van der Waals surface area contributed by atoms with E-state index in [1.54, 1.807) is 0 Å². The number of rotatable bonds is 7. The van der Waals surface area contributed by atoms with Crippen molar-refractivity contribution >= 4 is 27.5 Å². The molecule has 2 aromatic carbocycles. The number of hydrogen-bond acceptors (Lipinski definition) is 7. The standard InChI is InChI=1S/C22H18FN3O6S/c1-31-17-8-7-15(11-18(17)32-2)25-33(29,30)19-10-14(23)6-5-13(19)12-26-21(27)16-4-3-9-24-20(16)22(26)28/h3-11,25H,12H2,1-2H3. The largest absolute Gasteiger partial charge is 0.493 e. The summed E-state index contributed by atoms with van der Waals surface area (Å²) < 4.78 is 53.0. The Hall–Kier alpha value is -3.99. The van der Waals surface area contributed by atoms with E-state index in [0.717, 1.165) is 17.0 Å². The highest BCUT2D eigenvalue weighted by molar-refractivity contribution is 7.92. The molecular weight excluding hydrogens is 453 g/mol. The first kappa shape index (κ1) is 22.2. The molecule has 33 heavy (non-hydrogen) atoms. The summed E-state index contributed by atoms with van der Waals surface area (Å²) in [6.07, 6.45) is 1.38. The van der Waals surface area contributed by atoms with Gasteiger partial charge in [-0.1, -0.05) is 6.07 Å². The molecule has 0 radical (unpaired) electrons. The van der Waals surface area contributed by atoms with Gasteiger partial charge in [-0.25, -0.2) is 12.8 Å². The molecule has 1 aliphatic rings. The maximum atomic E-state index is 14.0. The number of imide groups is 1. The minimum absolute atomic E-state index is 0.0162. The van der Waals surface area contributed by atoms with Crippen LogP contribution in [0.25, 0.3) is 0 Å². The van der Waals surface area contributed by atoms with E-state index in [2.05, 4.69) is 9.71 Å². The van der Waals surface area contributed by atoms with Crippen molar-refractivity contribution in [1.82, 2.24) is 9.88 Å². The van der Waals surface area contributed by atoms with Crippen LogP contribution in [0.4, 0.5) is 10.1 Å². The Bertz CT molecular complexity index is 1340. The minimum atomic E-state index is -4.31. The lowest BCUT2D eigenvalue weighted by molar-refractivity contribution is 0.0639. The van der Waals surface area contributed by atoms with Crippen LogP contribution in [0.1, 0.15) is 26.4 Å². The third-order valence-corrected chi connectivity index (χ3v) is 6.48. The minimum Gasteiger partial charge on any atom is -0.493 e. The van der Waals surface area contributed by atoms with Crippen molar-refractivity contribution in [3.05, 3.63) is 77.4 Å². The molecule has 0 saturated heterocycles. The van der Waals surface area contributed by atoms with E-state index in [-0.39, 0.29) is 34.8 Å². The molecule has 1 N–H and O–H groups in total. The Balaban J connectivity index is 1.68. The number of aromatic nitrogens is 1. The predicted octanol–water partition coefficient (Wildman–Crippen LogP) is 2.83. The lowest BCUT2D eigenvalue weighted by atomic mass is 10.2. The van der Waals surface area contributed by atoms with Crippen molar-refractivity contribution < 1.29 is 31.9 Å². The van der Waals surface area contributed by atoms with Gasteiger partial charge in [0.15, 0.2) is 11.5 Å². The number of methoxy groups -OCH3 is 2. The van der Waals surface area contributed by atoms with Crippen LogP contribution in [0.2, 0.25) is 0 Å². The van der Waals surface area contributed by atoms with Crippen LogP contribution in [0.5, 0.6) is 11.5 Å². The maximum Gasteiger partial charge on any atom is 0.280 e. The van der Waals surface area contributed by atoms with Crippen LogP contribution < -0.4 is 14.2 Å². The van der Waals surface area contributed by atoms with Gasteiger partial charge in [0.1, 0.15) is 11.5 Å². The molecule has 4 rings (SSSR count). The van der Waals surface area contributed by atoms with Crippen molar-refractivity contribution in [1.29, 1.82) is 0 Å². The first-order chi connectivity index (χ1) is 15.7. The summed E-state index contributed by atoms with van der Waals surface area (Å²) in [4.78, 5) is 29.7. The summed E-state index contributed by atoms with van der Waals surface area (Å²) in [7, 11) is -1.47. The zero-order valence-electron chi connectivity index (χ0n) is 17.5. The zero-order chi connectivity index (χ0) is 23.8. The molecule has 0 bridgehead atoms. The Kier molecular flexibility index (Phi) is 5.73. The lowest BCUT2D eigenvalue weighted by Gasteiger charge is -2.18. The molecule has 0 saturated carbocycles. The van der Waals surface area contributed by atoms with Crippen molar-refractivity contribution in [2.45, 2.75) is 11.4 Å². The number of sulfonamides is 1. The van der Waals surface area contributed by atoms with E-state index >= 15 is 0 Å². The van der Waals surface area contributed by atoms with Gasteiger partial charge in [0.05, 0.1) is 36.9 Å². The second-order valence-electron chi connectivity index (χ2n) is 7.02. The van der Waals surface area contributed by atoms with E-state index in [1.807, 2.05) is 0 Å². The number of carbonyl (C=O) groups is 2. The molecule has 0 fully saturated rings. The molecule has 11 heteroatoms. The van der Waals surface area contributed by atoms with Crippen LogP contribution in [0, 0.1) is 5.82 Å². The molecule has 9 nitrogen and oxygen atoms in total. The normalized spacial score (nSPS) is 13.1. The SMILES string of the molecule is COc1ccc(NS(=O)(=O)c2cc(F)ccc2CN2C(=O)c3cccnc3C2=O)cc1OC. The van der Waals surface area contributed by atoms with Gasteiger partial charge in [0.25, 0.3) is 21.8 Å². The maximum absolute atomic E-state index is 14.0. The number of anilines is 1. The van der Waals surface area contributed by atoms with E-state index in [0.29, 0.717) is 5.75 Å². The summed E-state index contributed by atoms with van der Waals surface area (Å²) in [6.45, 7) is -0.378. The Labute approximate surface area is 188 Å². The van der Waals surface area contributed by atoms with Crippen LogP contribution in [0.15, 0.2) is 59.6 Å². The summed E-state index contributed by atoms with van der Waals surface area (Å²) in [5.41, 5.74) is 0.307. The number of fused-ring (bicyclic) bond motifs is 1. The molecule has 0 aliphatic carbocycles. The molecule has 3 aromatic rings. The van der Waals surface area contributed by atoms with E-state index in [9.17, 15) is 22.4 Å². The van der Waals surface area contributed by atoms with Crippen molar-refractivity contribution in [2.24, 2.45) is 0 Å². The average molecular weight is 471 g/mol. The number of nitrogens with zero attached hydrogens (tertiary/aromatic N) is 2. The highest BCUT2D eigenvalue weighted by Gasteiger charge is 2.37. The van der Waals surface area contributed by atoms with Crippen LogP contribution in [-0.4, -0.2) is 44.3 Å². The van der Waals surface area contributed by atoms with Gasteiger partial charge in [-0.05, 0) is 42.0 Å². The van der Waals surface area contributed by atoms with Crippen LogP contribution in [0.3, 0.4) is 0 Å². The number of benzene rings is 2. The number of ether oxygens (including phenoxy) is 2. The van der Waals surface area contributed by atoms with Crippen LogP contribution >= 0.6 is 0 Å². The second kappa shape index (κ2) is 8.51. The summed E-state index contributed by atoms with van der Waals surface area (Å²) in [6, 6.07) is 10.5. The first-order valence-electron chi connectivity index (χ1n) is 9.59. The average Bonchev–Trinajstić information content (AvgIpc) is 3.04. The lowest BCUT2D eigenvalue weighted by Crippen LogP contribution is -2.30. The number of carbonyl (C=O) groups excluding carboxylic acids is 2. The molecular formula is C22H18FN3O6S. The summed E-state index contributed by atoms with van der Waals surface area (Å²) in [5.74, 6) is -1.38. The topological polar surface area (TPSA) is 115 Å². The molecule has 170 valence electrons. The van der Waals surface area contributed by atoms with E-state index < -0.39 is 32.6 Å². The van der Waals surface area contributed by atoms with Crippen molar-refractivity contribution in [3.8, 4) is 11.5 Å². The smallest absolute Gasteiger partial charge is 0.280 e. The third-order valence-electron chi connectivity index (χ3n) is 5.01. The van der Waals surface area contributed by atoms with E-state index in [4.69, 9.17) is 9.47 Å². The Morgan fingerprint density at radius 2 is 1.76 bits per heavy atom. The number of hydrogen-bond donors (Lipinski definition) is 1. The highest BCUT2D eigenvalue weighted by atomic mass is 32.2. The van der Waals surface area contributed by atoms with Gasteiger partial charge in [-0.3, -0.25) is 24.2 Å². The number of halogens is 1. The zero-order valence-corrected chi connectivity index (χ0v) is 18.3. The quantitative estimate of drug-likeness (QED) is 0.527.